The molecule has 0 aromatic carbocycles. The summed E-state index contributed by atoms with van der Waals surface area (Å²) in [6, 6.07) is 0.366. The van der Waals surface area contributed by atoms with E-state index in [-0.39, 0.29) is 23.6 Å². The predicted molar refractivity (Wildman–Crippen MR) is 78.8 cm³/mol. The van der Waals surface area contributed by atoms with Crippen molar-refractivity contribution < 1.29 is 13.2 Å². The summed E-state index contributed by atoms with van der Waals surface area (Å²) in [7, 11) is -1.15. The Balaban J connectivity index is 2.06. The van der Waals surface area contributed by atoms with Crippen LogP contribution in [-0.4, -0.2) is 49.2 Å². The van der Waals surface area contributed by atoms with E-state index in [9.17, 15) is 8.42 Å². The van der Waals surface area contributed by atoms with Gasteiger partial charge in [-0.05, 0) is 26.7 Å². The van der Waals surface area contributed by atoms with Gasteiger partial charge >= 0.3 is 0 Å². The topological polar surface area (TPSA) is 73.2 Å². The van der Waals surface area contributed by atoms with Gasteiger partial charge in [0.1, 0.15) is 9.84 Å². The molecule has 0 saturated carbocycles. The van der Waals surface area contributed by atoms with Crippen molar-refractivity contribution >= 4 is 15.8 Å². The number of aryl methyl sites for hydroxylation is 1. The smallest absolute Gasteiger partial charge is 0.203 e. The summed E-state index contributed by atoms with van der Waals surface area (Å²) in [5, 5.41) is 3.38. The van der Waals surface area contributed by atoms with Crippen LogP contribution in [0.1, 0.15) is 31.5 Å². The molecule has 0 radical (unpaired) electrons. The molecule has 0 spiro atoms. The van der Waals surface area contributed by atoms with Crippen LogP contribution in [0.25, 0.3) is 0 Å². The number of hydrogen-bond donors (Lipinski definition) is 1. The molecule has 6 nitrogen and oxygen atoms in total. The standard InChI is InChI=1S/C13H23N3O3S/c1-10-8-16(11(2)9-19-3)13(14-10)15-12-4-6-20(17,18)7-5-12/h8,11-12H,4-7,9H2,1-3H3,(H,14,15). The molecule has 1 fully saturated rings. The molecule has 114 valence electrons. The van der Waals surface area contributed by atoms with Gasteiger partial charge in [0.2, 0.25) is 5.95 Å². The van der Waals surface area contributed by atoms with Crippen LogP contribution >= 0.6 is 0 Å². The monoisotopic (exact) mass is 301 g/mol. The number of aromatic nitrogens is 2. The molecule has 1 aromatic rings. The number of methoxy groups -OCH3 is 1. The van der Waals surface area contributed by atoms with Gasteiger partial charge in [-0.15, -0.1) is 0 Å². The van der Waals surface area contributed by atoms with Crippen LogP contribution < -0.4 is 5.32 Å². The molecule has 1 aliphatic rings. The lowest BCUT2D eigenvalue weighted by molar-refractivity contribution is 0.163. The molecule has 1 N–H and O–H groups in total. The highest BCUT2D eigenvalue weighted by Crippen LogP contribution is 2.21. The maximum atomic E-state index is 11.4. The molecular weight excluding hydrogens is 278 g/mol. The Bertz CT molecular complexity index is 539. The third kappa shape index (κ3) is 3.73. The molecule has 0 aliphatic carbocycles. The van der Waals surface area contributed by atoms with Crippen molar-refractivity contribution in [1.82, 2.24) is 9.55 Å². The van der Waals surface area contributed by atoms with Gasteiger partial charge in [-0.25, -0.2) is 13.4 Å². The van der Waals surface area contributed by atoms with Crippen LogP contribution in [0.5, 0.6) is 0 Å². The second-order valence-corrected chi connectivity index (χ2v) is 7.79. The zero-order valence-electron chi connectivity index (χ0n) is 12.3. The van der Waals surface area contributed by atoms with Crippen molar-refractivity contribution in [2.75, 3.05) is 30.5 Å². The van der Waals surface area contributed by atoms with Crippen LogP contribution in [0.15, 0.2) is 6.20 Å². The fourth-order valence-corrected chi connectivity index (χ4v) is 3.99. The minimum absolute atomic E-state index is 0.175. The Morgan fingerprint density at radius 3 is 2.75 bits per heavy atom. The van der Waals surface area contributed by atoms with Gasteiger partial charge in [-0.3, -0.25) is 0 Å². The normalized spacial score (nSPS) is 20.8. The summed E-state index contributed by atoms with van der Waals surface area (Å²) in [6.45, 7) is 4.64. The van der Waals surface area contributed by atoms with Gasteiger partial charge in [0.15, 0.2) is 0 Å². The molecular formula is C13H23N3O3S. The number of imidazole rings is 1. The molecule has 0 bridgehead atoms. The van der Waals surface area contributed by atoms with Gasteiger partial charge in [0, 0.05) is 19.3 Å². The van der Waals surface area contributed by atoms with E-state index in [1.54, 1.807) is 7.11 Å². The molecule has 0 amide bonds. The van der Waals surface area contributed by atoms with Crippen molar-refractivity contribution in [3.63, 3.8) is 0 Å². The van der Waals surface area contributed by atoms with Crippen LogP contribution in [-0.2, 0) is 14.6 Å². The Hall–Kier alpha value is -1.08. The highest BCUT2D eigenvalue weighted by atomic mass is 32.2. The number of nitrogens with zero attached hydrogens (tertiary/aromatic N) is 2. The molecule has 7 heteroatoms. The molecule has 1 atom stereocenters. The van der Waals surface area contributed by atoms with Crippen LogP contribution in [0, 0.1) is 6.92 Å². The Kier molecular flexibility index (Phi) is 4.70. The second kappa shape index (κ2) is 6.13. The summed E-state index contributed by atoms with van der Waals surface area (Å²) in [5.74, 6) is 1.33. The van der Waals surface area contributed by atoms with E-state index in [0.29, 0.717) is 19.4 Å². The van der Waals surface area contributed by atoms with Gasteiger partial charge in [-0.1, -0.05) is 0 Å². The van der Waals surface area contributed by atoms with Crippen LogP contribution in [0.2, 0.25) is 0 Å². The van der Waals surface area contributed by atoms with Crippen molar-refractivity contribution in [1.29, 1.82) is 0 Å². The van der Waals surface area contributed by atoms with E-state index in [2.05, 4.69) is 21.8 Å². The SMILES string of the molecule is COCC(C)n1cc(C)nc1NC1CCS(=O)(=O)CC1. The Morgan fingerprint density at radius 2 is 2.15 bits per heavy atom. The first kappa shape index (κ1) is 15.3. The lowest BCUT2D eigenvalue weighted by atomic mass is 10.2. The Labute approximate surface area is 120 Å². The third-order valence-electron chi connectivity index (χ3n) is 3.62. The summed E-state index contributed by atoms with van der Waals surface area (Å²) in [6.07, 6.45) is 3.28. The average Bonchev–Trinajstić information content (AvgIpc) is 2.73. The van der Waals surface area contributed by atoms with E-state index >= 15 is 0 Å². The maximum absolute atomic E-state index is 11.4. The molecule has 1 aliphatic heterocycles. The molecule has 20 heavy (non-hydrogen) atoms. The molecule has 1 saturated heterocycles. The van der Waals surface area contributed by atoms with Crippen molar-refractivity contribution in [2.45, 2.75) is 38.8 Å². The summed E-state index contributed by atoms with van der Waals surface area (Å²) in [4.78, 5) is 4.49. The summed E-state index contributed by atoms with van der Waals surface area (Å²) >= 11 is 0. The van der Waals surface area contributed by atoms with Crippen molar-refractivity contribution in [2.24, 2.45) is 0 Å². The second-order valence-electron chi connectivity index (χ2n) is 5.49. The fourth-order valence-electron chi connectivity index (χ4n) is 2.50. The summed E-state index contributed by atoms with van der Waals surface area (Å²) in [5.41, 5.74) is 0.943. The van der Waals surface area contributed by atoms with Gasteiger partial charge in [0.05, 0.1) is 29.8 Å². The van der Waals surface area contributed by atoms with Crippen molar-refractivity contribution in [3.8, 4) is 0 Å². The first-order chi connectivity index (χ1) is 9.41. The minimum Gasteiger partial charge on any atom is -0.383 e. The molecule has 1 aromatic heterocycles. The minimum atomic E-state index is -2.83. The highest BCUT2D eigenvalue weighted by molar-refractivity contribution is 7.91. The first-order valence-corrected chi connectivity index (χ1v) is 8.75. The van der Waals surface area contributed by atoms with Crippen molar-refractivity contribution in [3.05, 3.63) is 11.9 Å². The fraction of sp³-hybridized carbons (Fsp3) is 0.769. The third-order valence-corrected chi connectivity index (χ3v) is 5.34. The lowest BCUT2D eigenvalue weighted by Crippen LogP contribution is -2.33. The van der Waals surface area contributed by atoms with E-state index in [4.69, 9.17) is 4.74 Å². The van der Waals surface area contributed by atoms with E-state index < -0.39 is 9.84 Å². The number of sulfone groups is 1. The Morgan fingerprint density at radius 1 is 1.50 bits per heavy atom. The van der Waals surface area contributed by atoms with Gasteiger partial charge in [-0.2, -0.15) is 0 Å². The van der Waals surface area contributed by atoms with E-state index in [1.165, 1.54) is 0 Å². The highest BCUT2D eigenvalue weighted by Gasteiger charge is 2.25. The van der Waals surface area contributed by atoms with Crippen LogP contribution in [0.3, 0.4) is 0 Å². The number of rotatable bonds is 5. The molecule has 2 rings (SSSR count). The number of hydrogen-bond acceptors (Lipinski definition) is 5. The molecule has 2 heterocycles. The quantitative estimate of drug-likeness (QED) is 0.889. The van der Waals surface area contributed by atoms with Gasteiger partial charge in [0.25, 0.3) is 0 Å². The zero-order chi connectivity index (χ0) is 14.8. The number of nitrogens with one attached hydrogen (secondary N) is 1. The summed E-state index contributed by atoms with van der Waals surface area (Å²) < 4.78 is 30.1. The first-order valence-electron chi connectivity index (χ1n) is 6.92. The zero-order valence-corrected chi connectivity index (χ0v) is 13.1. The predicted octanol–water partition coefficient (Wildman–Crippen LogP) is 1.39. The van der Waals surface area contributed by atoms with E-state index in [1.807, 2.05) is 13.1 Å². The van der Waals surface area contributed by atoms with E-state index in [0.717, 1.165) is 11.6 Å². The average molecular weight is 301 g/mol. The largest absolute Gasteiger partial charge is 0.383 e. The number of ether oxygens (including phenoxy) is 1. The molecule has 1 unspecified atom stereocenters. The maximum Gasteiger partial charge on any atom is 0.203 e. The number of anilines is 1. The van der Waals surface area contributed by atoms with Gasteiger partial charge < -0.3 is 14.6 Å². The van der Waals surface area contributed by atoms with Crippen LogP contribution in [0.4, 0.5) is 5.95 Å². The lowest BCUT2D eigenvalue weighted by Gasteiger charge is -2.25.